The van der Waals surface area contributed by atoms with E-state index in [0.717, 1.165) is 11.3 Å². The first kappa shape index (κ1) is 13.4. The number of hydrogen-bond donors (Lipinski definition) is 0. The number of hydrogen-bond acceptors (Lipinski definition) is 3. The highest BCUT2D eigenvalue weighted by molar-refractivity contribution is 5.82. The van der Waals surface area contributed by atoms with E-state index in [0.29, 0.717) is 19.5 Å². The van der Waals surface area contributed by atoms with Crippen LogP contribution in [0.15, 0.2) is 54.7 Å². The Bertz CT molecular complexity index is 511. The Morgan fingerprint density at radius 3 is 2.53 bits per heavy atom. The van der Waals surface area contributed by atoms with Crippen molar-refractivity contribution in [3.05, 3.63) is 66.0 Å². The molecule has 3 heteroatoms. The molecule has 0 atom stereocenters. The average Bonchev–Trinajstić information content (AvgIpc) is 2.40. The van der Waals surface area contributed by atoms with E-state index in [1.165, 1.54) is 0 Å². The summed E-state index contributed by atoms with van der Waals surface area (Å²) in [5.74, 6) is 0.227. The third-order valence-electron chi connectivity index (χ3n) is 2.85. The lowest BCUT2D eigenvalue weighted by atomic mass is 10.1. The van der Waals surface area contributed by atoms with Gasteiger partial charge in [-0.25, -0.2) is 0 Å². The number of carbonyl (C=O) groups excluding carboxylic acids is 1. The number of carbonyl (C=O) groups is 1. The molecule has 3 nitrogen and oxygen atoms in total. The Morgan fingerprint density at radius 2 is 1.84 bits per heavy atom. The minimum absolute atomic E-state index is 0.227. The lowest BCUT2D eigenvalue weighted by Gasteiger charge is -2.15. The highest BCUT2D eigenvalue weighted by atomic mass is 16.1. The van der Waals surface area contributed by atoms with Crippen LogP contribution < -0.4 is 0 Å². The molecule has 1 aromatic heterocycles. The van der Waals surface area contributed by atoms with E-state index in [9.17, 15) is 4.79 Å². The van der Waals surface area contributed by atoms with Gasteiger partial charge in [0, 0.05) is 19.2 Å². The van der Waals surface area contributed by atoms with E-state index >= 15 is 0 Å². The molecule has 0 unspecified atom stereocenters. The van der Waals surface area contributed by atoms with Gasteiger partial charge in [-0.15, -0.1) is 0 Å². The summed E-state index contributed by atoms with van der Waals surface area (Å²) in [6.45, 7) is 1.15. The predicted octanol–water partition coefficient (Wildman–Crippen LogP) is 2.33. The van der Waals surface area contributed by atoms with E-state index in [2.05, 4.69) is 4.98 Å². The fourth-order valence-corrected chi connectivity index (χ4v) is 2.00. The number of pyridine rings is 1. The van der Waals surface area contributed by atoms with Crippen LogP contribution in [-0.4, -0.2) is 29.3 Å². The van der Waals surface area contributed by atoms with Crippen LogP contribution in [0.2, 0.25) is 0 Å². The fourth-order valence-electron chi connectivity index (χ4n) is 2.00. The summed E-state index contributed by atoms with van der Waals surface area (Å²) in [7, 11) is 1.94. The molecule has 0 N–H and O–H groups in total. The lowest BCUT2D eigenvalue weighted by Crippen LogP contribution is -2.26. The largest absolute Gasteiger partial charge is 0.298 e. The summed E-state index contributed by atoms with van der Waals surface area (Å²) < 4.78 is 0. The fraction of sp³-hybridized carbons (Fsp3) is 0.250. The number of Topliss-reactive ketones (excluding diaryl/α,β-unsaturated/α-hetero) is 1. The third kappa shape index (κ3) is 4.64. The number of likely N-dealkylation sites (N-methyl/N-ethyl adjacent to an activating group) is 1. The monoisotopic (exact) mass is 254 g/mol. The molecule has 0 saturated carbocycles. The van der Waals surface area contributed by atoms with Gasteiger partial charge in [-0.2, -0.15) is 0 Å². The Kier molecular flexibility index (Phi) is 4.81. The van der Waals surface area contributed by atoms with Gasteiger partial charge in [0.15, 0.2) is 5.78 Å². The molecule has 0 fully saturated rings. The van der Waals surface area contributed by atoms with Crippen LogP contribution in [0.1, 0.15) is 11.3 Å². The van der Waals surface area contributed by atoms with Crippen molar-refractivity contribution in [2.45, 2.75) is 13.0 Å². The number of aromatic nitrogens is 1. The van der Waals surface area contributed by atoms with E-state index in [-0.39, 0.29) is 5.78 Å². The van der Waals surface area contributed by atoms with Crippen LogP contribution >= 0.6 is 0 Å². The Balaban J connectivity index is 1.82. The number of rotatable bonds is 6. The highest BCUT2D eigenvalue weighted by Gasteiger charge is 2.08. The van der Waals surface area contributed by atoms with Crippen molar-refractivity contribution >= 4 is 5.78 Å². The molecule has 0 aliphatic rings. The molecule has 0 bridgehead atoms. The minimum Gasteiger partial charge on any atom is -0.298 e. The average molecular weight is 254 g/mol. The number of ketones is 1. The topological polar surface area (TPSA) is 33.2 Å². The molecule has 0 spiro atoms. The maximum atomic E-state index is 12.0. The van der Waals surface area contributed by atoms with Crippen molar-refractivity contribution in [1.29, 1.82) is 0 Å². The highest BCUT2D eigenvalue weighted by Crippen LogP contribution is 2.03. The summed E-state index contributed by atoms with van der Waals surface area (Å²) in [4.78, 5) is 18.2. The van der Waals surface area contributed by atoms with Crippen LogP contribution in [0.3, 0.4) is 0 Å². The van der Waals surface area contributed by atoms with Crippen molar-refractivity contribution in [3.63, 3.8) is 0 Å². The Labute approximate surface area is 113 Å². The van der Waals surface area contributed by atoms with Gasteiger partial charge in [0.05, 0.1) is 12.2 Å². The van der Waals surface area contributed by atoms with Crippen molar-refractivity contribution in [1.82, 2.24) is 9.88 Å². The summed E-state index contributed by atoms with van der Waals surface area (Å²) in [6.07, 6.45) is 2.27. The maximum absolute atomic E-state index is 12.0. The molecule has 19 heavy (non-hydrogen) atoms. The van der Waals surface area contributed by atoms with Crippen molar-refractivity contribution in [3.8, 4) is 0 Å². The maximum Gasteiger partial charge on any atom is 0.151 e. The molecule has 0 aliphatic carbocycles. The normalized spacial score (nSPS) is 10.6. The zero-order valence-electron chi connectivity index (χ0n) is 11.1. The Morgan fingerprint density at radius 1 is 1.11 bits per heavy atom. The molecule has 2 aromatic rings. The van der Waals surface area contributed by atoms with Gasteiger partial charge < -0.3 is 0 Å². The molecular formula is C16H18N2O. The smallest absolute Gasteiger partial charge is 0.151 e. The van der Waals surface area contributed by atoms with Gasteiger partial charge in [-0.1, -0.05) is 36.4 Å². The summed E-state index contributed by atoms with van der Waals surface area (Å²) in [5.41, 5.74) is 2.05. The first-order chi connectivity index (χ1) is 9.24. The van der Waals surface area contributed by atoms with Crippen molar-refractivity contribution < 1.29 is 4.79 Å². The molecule has 98 valence electrons. The zero-order chi connectivity index (χ0) is 13.5. The standard InChI is InChI=1S/C16H18N2O/c1-18(12-15-9-5-6-10-17-15)13-16(19)11-14-7-3-2-4-8-14/h2-10H,11-13H2,1H3. The van der Waals surface area contributed by atoms with Gasteiger partial charge in [-0.05, 0) is 24.7 Å². The second-order valence-electron chi connectivity index (χ2n) is 4.69. The minimum atomic E-state index is 0.227. The van der Waals surface area contributed by atoms with Gasteiger partial charge >= 0.3 is 0 Å². The van der Waals surface area contributed by atoms with Crippen LogP contribution in [0.25, 0.3) is 0 Å². The molecule has 1 heterocycles. The van der Waals surface area contributed by atoms with Crippen LogP contribution in [0, 0.1) is 0 Å². The van der Waals surface area contributed by atoms with E-state index < -0.39 is 0 Å². The molecule has 0 saturated heterocycles. The van der Waals surface area contributed by atoms with E-state index in [4.69, 9.17) is 0 Å². The molecule has 0 aliphatic heterocycles. The molecular weight excluding hydrogens is 236 g/mol. The molecule has 0 amide bonds. The molecule has 1 aromatic carbocycles. The van der Waals surface area contributed by atoms with E-state index in [1.807, 2.05) is 60.5 Å². The summed E-state index contributed by atoms with van der Waals surface area (Å²) in [6, 6.07) is 15.7. The second-order valence-corrected chi connectivity index (χ2v) is 4.69. The molecule has 2 rings (SSSR count). The zero-order valence-corrected chi connectivity index (χ0v) is 11.1. The summed E-state index contributed by atoms with van der Waals surface area (Å²) >= 11 is 0. The first-order valence-electron chi connectivity index (χ1n) is 6.38. The first-order valence-corrected chi connectivity index (χ1v) is 6.38. The summed E-state index contributed by atoms with van der Waals surface area (Å²) in [5, 5.41) is 0. The van der Waals surface area contributed by atoms with Crippen LogP contribution in [-0.2, 0) is 17.8 Å². The number of nitrogens with zero attached hydrogens (tertiary/aromatic N) is 2. The second kappa shape index (κ2) is 6.81. The lowest BCUT2D eigenvalue weighted by molar-refractivity contribution is -0.119. The van der Waals surface area contributed by atoms with Gasteiger partial charge in [0.25, 0.3) is 0 Å². The van der Waals surface area contributed by atoms with Gasteiger partial charge in [-0.3, -0.25) is 14.7 Å². The Hall–Kier alpha value is -2.00. The third-order valence-corrected chi connectivity index (χ3v) is 2.85. The van der Waals surface area contributed by atoms with Crippen LogP contribution in [0.4, 0.5) is 0 Å². The van der Waals surface area contributed by atoms with Gasteiger partial charge in [0.1, 0.15) is 0 Å². The van der Waals surface area contributed by atoms with Crippen LogP contribution in [0.5, 0.6) is 0 Å². The SMILES string of the molecule is CN(CC(=O)Cc1ccccc1)Cc1ccccn1. The van der Waals surface area contributed by atoms with Gasteiger partial charge in [0.2, 0.25) is 0 Å². The van der Waals surface area contributed by atoms with E-state index in [1.54, 1.807) is 6.20 Å². The van der Waals surface area contributed by atoms with Crippen molar-refractivity contribution in [2.75, 3.05) is 13.6 Å². The quantitative estimate of drug-likeness (QED) is 0.793. The van der Waals surface area contributed by atoms with Crippen molar-refractivity contribution in [2.24, 2.45) is 0 Å². The number of benzene rings is 1. The predicted molar refractivity (Wildman–Crippen MR) is 75.7 cm³/mol. The molecule has 0 radical (unpaired) electrons.